The average Bonchev–Trinajstić information content (AvgIpc) is 2.47. The minimum Gasteiger partial charge on any atom is -0.113 e. The molecule has 20 heavy (non-hydrogen) atoms. The summed E-state index contributed by atoms with van der Waals surface area (Å²) in [5, 5.41) is -0.0780. The first kappa shape index (κ1) is 15.8. The molecule has 2 aromatic carbocycles. The second-order valence-electron chi connectivity index (χ2n) is 5.77. The molecule has 106 valence electrons. The third-order valence-electron chi connectivity index (χ3n) is 4.03. The molecule has 0 aliphatic rings. The van der Waals surface area contributed by atoms with E-state index in [1.54, 1.807) is 0 Å². The lowest BCUT2D eigenvalue weighted by Crippen LogP contribution is -2.15. The van der Waals surface area contributed by atoms with Gasteiger partial charge >= 0.3 is 0 Å². The predicted octanol–water partition coefficient (Wildman–Crippen LogP) is 6.31. The van der Waals surface area contributed by atoms with Crippen molar-refractivity contribution in [1.29, 1.82) is 0 Å². The summed E-state index contributed by atoms with van der Waals surface area (Å²) in [7, 11) is 0. The molecule has 0 nitrogen and oxygen atoms in total. The highest BCUT2D eigenvalue weighted by Crippen LogP contribution is 2.32. The van der Waals surface area contributed by atoms with Crippen LogP contribution in [0.4, 0.5) is 0 Å². The van der Waals surface area contributed by atoms with Crippen LogP contribution in [-0.4, -0.2) is 0 Å². The van der Waals surface area contributed by atoms with Gasteiger partial charge in [0.25, 0.3) is 0 Å². The molecule has 0 aliphatic heterocycles. The maximum absolute atomic E-state index is 6.58. The fraction of sp³-hybridized carbons (Fsp3) is 0.333. The third-order valence-corrected chi connectivity index (χ3v) is 5.25. The van der Waals surface area contributed by atoms with Gasteiger partial charge in [0.05, 0.1) is 5.38 Å². The zero-order valence-electron chi connectivity index (χ0n) is 12.2. The van der Waals surface area contributed by atoms with Gasteiger partial charge in [-0.3, -0.25) is 0 Å². The van der Waals surface area contributed by atoms with Crippen molar-refractivity contribution in [3.63, 3.8) is 0 Å². The molecular weight excluding hydrogens is 379 g/mol. The topological polar surface area (TPSA) is 0 Å². The quantitative estimate of drug-likeness (QED) is 0.418. The Bertz CT molecular complexity index is 555. The van der Waals surface area contributed by atoms with Crippen LogP contribution in [0.5, 0.6) is 0 Å². The fourth-order valence-electron chi connectivity index (χ4n) is 2.13. The summed E-state index contributed by atoms with van der Waals surface area (Å²) in [6, 6.07) is 17.1. The highest BCUT2D eigenvalue weighted by molar-refractivity contribution is 14.1. The van der Waals surface area contributed by atoms with Gasteiger partial charge in [-0.1, -0.05) is 57.2 Å². The Labute approximate surface area is 140 Å². The minimum absolute atomic E-state index is 0.0780. The lowest BCUT2D eigenvalue weighted by molar-refractivity contribution is 0.506. The van der Waals surface area contributed by atoms with Gasteiger partial charge < -0.3 is 0 Å². The van der Waals surface area contributed by atoms with Gasteiger partial charge in [-0.2, -0.15) is 0 Å². The SMILES string of the molecule is CCC(C)(C)c1ccc(C(Cl)c2ccc(I)cc2)cc1. The summed E-state index contributed by atoms with van der Waals surface area (Å²) < 4.78 is 1.23. The van der Waals surface area contributed by atoms with E-state index >= 15 is 0 Å². The summed E-state index contributed by atoms with van der Waals surface area (Å²) in [6.07, 6.45) is 1.13. The molecule has 1 unspecified atom stereocenters. The van der Waals surface area contributed by atoms with Crippen LogP contribution in [0.3, 0.4) is 0 Å². The Hall–Kier alpha value is -0.540. The van der Waals surface area contributed by atoms with Crippen LogP contribution < -0.4 is 0 Å². The number of rotatable bonds is 4. The largest absolute Gasteiger partial charge is 0.113 e. The number of hydrogen-bond donors (Lipinski definition) is 0. The van der Waals surface area contributed by atoms with Gasteiger partial charge in [-0.25, -0.2) is 0 Å². The first-order valence-corrected chi connectivity index (χ1v) is 8.45. The molecular formula is C18H20ClI. The number of alkyl halides is 1. The summed E-state index contributed by atoms with van der Waals surface area (Å²) >= 11 is 8.89. The standard InChI is InChI=1S/C18H20ClI/c1-4-18(2,3)15-9-5-13(6-10-15)17(19)14-7-11-16(20)12-8-14/h5-12,17H,4H2,1-3H3. The fourth-order valence-corrected chi connectivity index (χ4v) is 2.78. The molecule has 2 aromatic rings. The van der Waals surface area contributed by atoms with E-state index in [1.807, 2.05) is 0 Å². The van der Waals surface area contributed by atoms with Gasteiger partial charge in [0.15, 0.2) is 0 Å². The molecule has 0 radical (unpaired) electrons. The van der Waals surface area contributed by atoms with Gasteiger partial charge in [0.2, 0.25) is 0 Å². The molecule has 0 saturated heterocycles. The van der Waals surface area contributed by atoms with Crippen molar-refractivity contribution >= 4 is 34.2 Å². The highest BCUT2D eigenvalue weighted by Gasteiger charge is 2.18. The molecule has 0 fully saturated rings. The van der Waals surface area contributed by atoms with Crippen molar-refractivity contribution < 1.29 is 0 Å². The Morgan fingerprint density at radius 3 is 1.85 bits per heavy atom. The molecule has 0 N–H and O–H groups in total. The van der Waals surface area contributed by atoms with E-state index in [0.29, 0.717) is 0 Å². The van der Waals surface area contributed by atoms with E-state index in [0.717, 1.165) is 17.5 Å². The van der Waals surface area contributed by atoms with Crippen LogP contribution in [0, 0.1) is 3.57 Å². The maximum atomic E-state index is 6.58. The smallest absolute Gasteiger partial charge is 0.0835 e. The molecule has 0 bridgehead atoms. The van der Waals surface area contributed by atoms with E-state index in [-0.39, 0.29) is 10.8 Å². The number of benzene rings is 2. The van der Waals surface area contributed by atoms with Gasteiger partial charge in [-0.15, -0.1) is 11.6 Å². The van der Waals surface area contributed by atoms with Crippen molar-refractivity contribution in [1.82, 2.24) is 0 Å². The molecule has 2 heteroatoms. The Kier molecular flexibility index (Phi) is 5.14. The molecule has 0 spiro atoms. The molecule has 0 aromatic heterocycles. The Morgan fingerprint density at radius 2 is 1.40 bits per heavy atom. The minimum atomic E-state index is -0.0780. The van der Waals surface area contributed by atoms with E-state index < -0.39 is 0 Å². The lowest BCUT2D eigenvalue weighted by Gasteiger charge is -2.24. The van der Waals surface area contributed by atoms with Crippen molar-refractivity contribution in [2.75, 3.05) is 0 Å². The number of halogens is 2. The summed E-state index contributed by atoms with van der Waals surface area (Å²) in [5.41, 5.74) is 3.90. The Balaban J connectivity index is 2.23. The van der Waals surface area contributed by atoms with Gasteiger partial charge in [0, 0.05) is 3.57 Å². The van der Waals surface area contributed by atoms with Gasteiger partial charge in [0.1, 0.15) is 0 Å². The molecule has 0 amide bonds. The predicted molar refractivity (Wildman–Crippen MR) is 96.6 cm³/mol. The molecule has 0 saturated carbocycles. The van der Waals surface area contributed by atoms with Crippen LogP contribution in [0.25, 0.3) is 0 Å². The van der Waals surface area contributed by atoms with Gasteiger partial charge in [-0.05, 0) is 63.2 Å². The van der Waals surface area contributed by atoms with E-state index in [4.69, 9.17) is 11.6 Å². The van der Waals surface area contributed by atoms with Crippen LogP contribution in [0.1, 0.15) is 49.3 Å². The van der Waals surface area contributed by atoms with Crippen molar-refractivity contribution in [2.45, 2.75) is 38.0 Å². The van der Waals surface area contributed by atoms with Crippen LogP contribution in [-0.2, 0) is 5.41 Å². The van der Waals surface area contributed by atoms with Crippen molar-refractivity contribution in [2.24, 2.45) is 0 Å². The second-order valence-corrected chi connectivity index (χ2v) is 7.46. The maximum Gasteiger partial charge on any atom is 0.0835 e. The zero-order chi connectivity index (χ0) is 14.8. The molecule has 0 aliphatic carbocycles. The highest BCUT2D eigenvalue weighted by atomic mass is 127. The van der Waals surface area contributed by atoms with Crippen LogP contribution >= 0.6 is 34.2 Å². The van der Waals surface area contributed by atoms with E-state index in [2.05, 4.69) is 91.9 Å². The molecule has 0 heterocycles. The Morgan fingerprint density at radius 1 is 0.950 bits per heavy atom. The summed E-state index contributed by atoms with van der Waals surface area (Å²) in [4.78, 5) is 0. The van der Waals surface area contributed by atoms with Crippen LogP contribution in [0.2, 0.25) is 0 Å². The number of hydrogen-bond acceptors (Lipinski definition) is 0. The zero-order valence-corrected chi connectivity index (χ0v) is 15.1. The van der Waals surface area contributed by atoms with E-state index in [1.165, 1.54) is 9.13 Å². The first-order chi connectivity index (χ1) is 9.44. The normalized spacial score (nSPS) is 13.2. The summed E-state index contributed by atoms with van der Waals surface area (Å²) in [5.74, 6) is 0. The van der Waals surface area contributed by atoms with Crippen molar-refractivity contribution in [3.8, 4) is 0 Å². The first-order valence-electron chi connectivity index (χ1n) is 6.94. The second kappa shape index (κ2) is 6.48. The van der Waals surface area contributed by atoms with Crippen molar-refractivity contribution in [3.05, 3.63) is 68.8 Å². The van der Waals surface area contributed by atoms with E-state index in [9.17, 15) is 0 Å². The monoisotopic (exact) mass is 398 g/mol. The summed E-state index contributed by atoms with van der Waals surface area (Å²) in [6.45, 7) is 6.78. The third kappa shape index (κ3) is 3.56. The molecule has 1 atom stereocenters. The van der Waals surface area contributed by atoms with Crippen LogP contribution in [0.15, 0.2) is 48.5 Å². The lowest BCUT2D eigenvalue weighted by atomic mass is 9.82. The average molecular weight is 399 g/mol. The molecule has 2 rings (SSSR count).